The van der Waals surface area contributed by atoms with Gasteiger partial charge in [-0.25, -0.2) is 19.2 Å². The van der Waals surface area contributed by atoms with E-state index in [1.807, 2.05) is 85.3 Å². The number of alkyl carbamates (subject to hydrolysis) is 2. The van der Waals surface area contributed by atoms with Gasteiger partial charge in [0.2, 0.25) is 0 Å². The molecule has 0 heterocycles. The van der Waals surface area contributed by atoms with Gasteiger partial charge in [-0.2, -0.15) is 27.7 Å². The minimum absolute atomic E-state index is 0.0392. The van der Waals surface area contributed by atoms with Gasteiger partial charge in [-0.05, 0) is 81.4 Å². The topological polar surface area (TPSA) is 168 Å². The number of ether oxygens (including phenoxy) is 2. The van der Waals surface area contributed by atoms with Crippen molar-refractivity contribution in [1.29, 1.82) is 0 Å². The molecule has 0 saturated carbocycles. The summed E-state index contributed by atoms with van der Waals surface area (Å²) in [5, 5.41) is 23.3. The average molecular weight is 791 g/mol. The van der Waals surface area contributed by atoms with Crippen molar-refractivity contribution in [3.63, 3.8) is 0 Å². The molecular weight excluding hydrogens is 749 g/mol. The SMILES string of the molecule is CSCC[C@@H](NC(=O)OCC1c2ccccc2-c2ccccc21)C(=O)O.CSCC[C@@H](NC(=O)OCC1c2ccccc2-c2ccccc21)C(=O)O.O=S. The number of rotatable bonds is 14. The van der Waals surface area contributed by atoms with Crippen LogP contribution in [0.2, 0.25) is 0 Å². The van der Waals surface area contributed by atoms with Crippen LogP contribution >= 0.6 is 23.5 Å². The van der Waals surface area contributed by atoms with Crippen LogP contribution < -0.4 is 10.6 Å². The molecule has 4 aromatic carbocycles. The van der Waals surface area contributed by atoms with Crippen LogP contribution in [0, 0.1) is 0 Å². The van der Waals surface area contributed by atoms with Gasteiger partial charge in [0, 0.05) is 11.8 Å². The smallest absolute Gasteiger partial charge is 0.407 e. The quantitative estimate of drug-likeness (QED) is 0.102. The Balaban J connectivity index is 0.000000230. The Kier molecular flexibility index (Phi) is 16.3. The van der Waals surface area contributed by atoms with Crippen molar-refractivity contribution in [1.82, 2.24) is 10.6 Å². The molecule has 0 unspecified atom stereocenters. The molecule has 4 aromatic rings. The molecule has 0 bridgehead atoms. The number of nitrogens with one attached hydrogen (secondary N) is 2. The summed E-state index contributed by atoms with van der Waals surface area (Å²) < 4.78 is 18.6. The number of thioether (sulfide) groups is 2. The van der Waals surface area contributed by atoms with E-state index < -0.39 is 36.2 Å². The van der Waals surface area contributed by atoms with Gasteiger partial charge in [0.1, 0.15) is 25.3 Å². The van der Waals surface area contributed by atoms with Crippen LogP contribution in [0.4, 0.5) is 9.59 Å². The molecule has 0 fully saturated rings. The highest BCUT2D eigenvalue weighted by Gasteiger charge is 2.31. The Morgan fingerprint density at radius 3 is 1.11 bits per heavy atom. The summed E-state index contributed by atoms with van der Waals surface area (Å²) in [5.41, 5.74) is 9.11. The molecule has 0 saturated heterocycles. The van der Waals surface area contributed by atoms with Crippen molar-refractivity contribution in [3.05, 3.63) is 119 Å². The Morgan fingerprint density at radius 1 is 0.574 bits per heavy atom. The van der Waals surface area contributed by atoms with Crippen molar-refractivity contribution in [2.75, 3.05) is 37.2 Å². The highest BCUT2D eigenvalue weighted by Crippen LogP contribution is 2.45. The molecule has 54 heavy (non-hydrogen) atoms. The lowest BCUT2D eigenvalue weighted by atomic mass is 9.98. The zero-order valence-electron chi connectivity index (χ0n) is 29.8. The van der Waals surface area contributed by atoms with Gasteiger partial charge in [0.15, 0.2) is 12.5 Å². The molecule has 2 aliphatic rings. The highest BCUT2D eigenvalue weighted by atomic mass is 32.2. The van der Waals surface area contributed by atoms with Crippen LogP contribution in [0.3, 0.4) is 0 Å². The lowest BCUT2D eigenvalue weighted by molar-refractivity contribution is -0.140. The van der Waals surface area contributed by atoms with Gasteiger partial charge in [-0.1, -0.05) is 97.1 Å². The van der Waals surface area contributed by atoms with Crippen LogP contribution in [-0.2, 0) is 31.6 Å². The van der Waals surface area contributed by atoms with Crippen molar-refractivity contribution in [3.8, 4) is 22.3 Å². The number of carboxylic acids is 2. The third-order valence-corrected chi connectivity index (χ3v) is 10.4. The average Bonchev–Trinajstić information content (AvgIpc) is 3.69. The molecule has 0 radical (unpaired) electrons. The standard InChI is InChI=1S/2C20H21NO4S.OS/c2*1-26-11-10-18(19(22)23)21-20(24)25-12-17-15-8-4-2-6-13(15)14-7-3-5-9-16(14)17;1-2/h2*2-9,17-18H,10-12H2,1H3,(H,21,24)(H,22,23);/t2*18-;/m11./s1. The number of benzene rings is 4. The normalized spacial score (nSPS) is 13.1. The third-order valence-electron chi connectivity index (χ3n) is 9.09. The third kappa shape index (κ3) is 10.6. The Hall–Kier alpha value is -4.92. The van der Waals surface area contributed by atoms with Crippen molar-refractivity contribution in [2.24, 2.45) is 0 Å². The predicted octanol–water partition coefficient (Wildman–Crippen LogP) is 7.13. The van der Waals surface area contributed by atoms with E-state index in [2.05, 4.69) is 47.4 Å². The summed E-state index contributed by atoms with van der Waals surface area (Å²) in [6, 6.07) is 30.4. The molecule has 14 heteroatoms. The number of amides is 2. The largest absolute Gasteiger partial charge is 0.480 e. The number of carbonyl (C=O) groups excluding carboxylic acids is 2. The fourth-order valence-electron chi connectivity index (χ4n) is 6.55. The maximum atomic E-state index is 12.1. The second-order valence-corrected chi connectivity index (χ2v) is 14.3. The summed E-state index contributed by atoms with van der Waals surface area (Å²) in [6.07, 6.45) is 3.13. The van der Waals surface area contributed by atoms with Crippen molar-refractivity contribution >= 4 is 60.2 Å². The molecule has 0 spiro atoms. The van der Waals surface area contributed by atoms with Crippen LogP contribution in [0.25, 0.3) is 22.3 Å². The summed E-state index contributed by atoms with van der Waals surface area (Å²) in [7, 11) is 0. The number of fused-ring (bicyclic) bond motifs is 6. The monoisotopic (exact) mass is 790 g/mol. The molecule has 2 amide bonds. The first kappa shape index (κ1) is 41.8. The molecule has 2 aliphatic carbocycles. The van der Waals surface area contributed by atoms with E-state index in [9.17, 15) is 29.4 Å². The summed E-state index contributed by atoms with van der Waals surface area (Å²) in [5.74, 6) is -0.869. The first-order valence-electron chi connectivity index (χ1n) is 17.1. The first-order chi connectivity index (χ1) is 26.2. The maximum absolute atomic E-state index is 12.1. The second kappa shape index (κ2) is 21.1. The number of hydrogen-bond acceptors (Lipinski definition) is 10. The van der Waals surface area contributed by atoms with Gasteiger partial charge >= 0.3 is 24.1 Å². The molecule has 0 aliphatic heterocycles. The van der Waals surface area contributed by atoms with Crippen LogP contribution in [0.1, 0.15) is 46.9 Å². The number of carboxylic acid groups (broad SMARTS) is 2. The molecule has 284 valence electrons. The molecule has 0 aromatic heterocycles. The molecule has 6 rings (SSSR count). The molecule has 11 nitrogen and oxygen atoms in total. The Morgan fingerprint density at radius 2 is 0.852 bits per heavy atom. The van der Waals surface area contributed by atoms with E-state index in [0.29, 0.717) is 24.3 Å². The van der Waals surface area contributed by atoms with Crippen molar-refractivity contribution in [2.45, 2.75) is 36.8 Å². The molecule has 4 N–H and O–H groups in total. The van der Waals surface area contributed by atoms with E-state index in [4.69, 9.17) is 13.7 Å². The fourth-order valence-corrected chi connectivity index (χ4v) is 7.49. The van der Waals surface area contributed by atoms with Gasteiger partial charge < -0.3 is 30.3 Å². The zero-order valence-corrected chi connectivity index (χ0v) is 32.2. The predicted molar refractivity (Wildman–Crippen MR) is 213 cm³/mol. The number of hydrogen-bond donors (Lipinski definition) is 4. The van der Waals surface area contributed by atoms with E-state index in [-0.39, 0.29) is 25.0 Å². The minimum atomic E-state index is -1.05. The van der Waals surface area contributed by atoms with Crippen LogP contribution in [0.5, 0.6) is 0 Å². The van der Waals surface area contributed by atoms with E-state index in [1.165, 1.54) is 23.5 Å². The van der Waals surface area contributed by atoms with Crippen molar-refractivity contribution < 1.29 is 43.1 Å². The summed E-state index contributed by atoms with van der Waals surface area (Å²) >= 11 is 5.91. The number of carbonyl (C=O) groups is 4. The lowest BCUT2D eigenvalue weighted by Gasteiger charge is -2.17. The van der Waals surface area contributed by atoms with Crippen LogP contribution in [-0.4, -0.2) is 87.9 Å². The van der Waals surface area contributed by atoms with Gasteiger partial charge in [-0.3, -0.25) is 0 Å². The van der Waals surface area contributed by atoms with E-state index >= 15 is 0 Å². The Labute approximate surface area is 328 Å². The highest BCUT2D eigenvalue weighted by molar-refractivity contribution is 7.98. The summed E-state index contributed by atoms with van der Waals surface area (Å²) in [6.45, 7) is 0.351. The minimum Gasteiger partial charge on any atom is -0.480 e. The fraction of sp³-hybridized carbons (Fsp3) is 0.300. The second-order valence-electron chi connectivity index (χ2n) is 12.3. The van der Waals surface area contributed by atoms with E-state index in [0.717, 1.165) is 44.5 Å². The molecular formula is C40H42N2O9S3. The van der Waals surface area contributed by atoms with Gasteiger partial charge in [0.05, 0.1) is 0 Å². The van der Waals surface area contributed by atoms with Gasteiger partial charge in [-0.15, -0.1) is 0 Å². The molecule has 2 atom stereocenters. The number of aliphatic carboxylic acids is 2. The van der Waals surface area contributed by atoms with E-state index in [1.54, 1.807) is 0 Å². The summed E-state index contributed by atoms with van der Waals surface area (Å²) in [4.78, 5) is 46.7. The lowest BCUT2D eigenvalue weighted by Crippen LogP contribution is -2.41. The van der Waals surface area contributed by atoms with Gasteiger partial charge in [0.25, 0.3) is 0 Å². The maximum Gasteiger partial charge on any atom is 0.407 e. The van der Waals surface area contributed by atoms with Crippen LogP contribution in [0.15, 0.2) is 97.1 Å². The Bertz CT molecular complexity index is 1680. The first-order valence-corrected chi connectivity index (χ1v) is 20.2. The zero-order chi connectivity index (χ0) is 39.0.